The summed E-state index contributed by atoms with van der Waals surface area (Å²) in [5, 5.41) is 21.5. The fraction of sp³-hybridized carbons (Fsp3) is 0.667. The van der Waals surface area contributed by atoms with Crippen LogP contribution in [-0.2, 0) is 4.74 Å². The number of hydrogen-bond acceptors (Lipinski definition) is 8. The molecule has 0 saturated heterocycles. The van der Waals surface area contributed by atoms with Crippen molar-refractivity contribution in [2.45, 2.75) is 24.5 Å². The summed E-state index contributed by atoms with van der Waals surface area (Å²) in [7, 11) is 1.75. The number of hydrogen-bond donors (Lipinski definition) is 2. The van der Waals surface area contributed by atoms with E-state index in [1.807, 2.05) is 13.2 Å². The summed E-state index contributed by atoms with van der Waals surface area (Å²) in [4.78, 5) is 5.92. The number of ether oxygens (including phenoxy) is 1. The Kier molecular flexibility index (Phi) is 3.65. The van der Waals surface area contributed by atoms with E-state index >= 15 is 0 Å². The van der Waals surface area contributed by atoms with Gasteiger partial charge in [0.25, 0.3) is 0 Å². The Morgan fingerprint density at radius 1 is 1.53 bits per heavy atom. The highest BCUT2D eigenvalue weighted by molar-refractivity contribution is 7.98. The highest BCUT2D eigenvalue weighted by atomic mass is 32.2. The van der Waals surface area contributed by atoms with Gasteiger partial charge in [0.05, 0.1) is 0 Å². The third-order valence-corrected chi connectivity index (χ3v) is 3.00. The van der Waals surface area contributed by atoms with E-state index < -0.39 is 12.5 Å². The van der Waals surface area contributed by atoms with Crippen LogP contribution in [0, 0.1) is 0 Å². The smallest absolute Gasteiger partial charge is 0.210 e. The lowest BCUT2D eigenvalue weighted by Gasteiger charge is -2.36. The lowest BCUT2D eigenvalue weighted by Crippen LogP contribution is -2.51. The first-order chi connectivity index (χ1) is 8.17. The molecule has 0 unspecified atom stereocenters. The Bertz CT molecular complexity index is 405. The minimum absolute atomic E-state index is 0.502. The Hall–Kier alpha value is -1.12. The highest BCUT2D eigenvalue weighted by Gasteiger charge is 2.33. The van der Waals surface area contributed by atoms with Crippen LogP contribution >= 0.6 is 11.8 Å². The molecule has 0 aliphatic carbocycles. The third kappa shape index (κ3) is 2.28. The van der Waals surface area contributed by atoms with Crippen LogP contribution in [0.4, 0.5) is 11.6 Å². The second kappa shape index (κ2) is 5.03. The monoisotopic (exact) mass is 257 g/mol. The summed E-state index contributed by atoms with van der Waals surface area (Å²) in [6.45, 7) is 2.37. The molecule has 1 aromatic rings. The van der Waals surface area contributed by atoms with Crippen molar-refractivity contribution in [3.8, 4) is 0 Å². The lowest BCUT2D eigenvalue weighted by atomic mass is 10.3. The molecule has 94 valence electrons. The molecule has 17 heavy (non-hydrogen) atoms. The third-order valence-electron chi connectivity index (χ3n) is 2.46. The van der Waals surface area contributed by atoms with E-state index in [4.69, 9.17) is 4.74 Å². The number of likely N-dealkylation sites (N-methyl/N-ethyl adjacent to an activating group) is 1. The number of anilines is 2. The second-order valence-electron chi connectivity index (χ2n) is 3.52. The van der Waals surface area contributed by atoms with Crippen LogP contribution in [-0.4, -0.2) is 52.7 Å². The van der Waals surface area contributed by atoms with Crippen molar-refractivity contribution in [2.75, 3.05) is 30.1 Å². The van der Waals surface area contributed by atoms with E-state index in [1.165, 1.54) is 11.8 Å². The van der Waals surface area contributed by atoms with Crippen LogP contribution in [0.5, 0.6) is 0 Å². The summed E-state index contributed by atoms with van der Waals surface area (Å²) in [5.74, 6) is 1.10. The topological polar surface area (TPSA) is 83.4 Å². The van der Waals surface area contributed by atoms with Gasteiger partial charge in [0, 0.05) is 13.7 Å². The molecule has 1 aliphatic rings. The summed E-state index contributed by atoms with van der Waals surface area (Å²) in [6.07, 6.45) is 0.557. The molecule has 0 bridgehead atoms. The van der Waals surface area contributed by atoms with Crippen LogP contribution in [0.3, 0.4) is 0 Å². The van der Waals surface area contributed by atoms with E-state index in [-0.39, 0.29) is 0 Å². The molecule has 1 aliphatic heterocycles. The van der Waals surface area contributed by atoms with E-state index in [2.05, 4.69) is 20.5 Å². The standard InChI is InChI=1S/C9H15N5O2S/c1-4-16-7-8(15)14(2)6-5(10-7)12-13-9(11-6)17-3/h7-8,15H,4H2,1-3H3,(H,10,12)/t7-,8-/m0/s1. The average molecular weight is 257 g/mol. The fourth-order valence-electron chi connectivity index (χ4n) is 1.57. The van der Waals surface area contributed by atoms with Gasteiger partial charge in [0.1, 0.15) is 0 Å². The highest BCUT2D eigenvalue weighted by Crippen LogP contribution is 2.29. The summed E-state index contributed by atoms with van der Waals surface area (Å²) in [5.41, 5.74) is 0. The maximum Gasteiger partial charge on any atom is 0.210 e. The SMILES string of the molecule is CCO[C@@H]1Nc2nnc(SC)nc2N(C)[C@H]1O. The molecule has 2 atom stereocenters. The maximum absolute atomic E-state index is 10.0. The molecule has 8 heteroatoms. The van der Waals surface area contributed by atoms with Crippen molar-refractivity contribution in [1.29, 1.82) is 0 Å². The lowest BCUT2D eigenvalue weighted by molar-refractivity contribution is -0.0185. The average Bonchev–Trinajstić information content (AvgIpc) is 2.35. The molecule has 0 radical (unpaired) electrons. The molecule has 1 aromatic heterocycles. The minimum atomic E-state index is -0.797. The van der Waals surface area contributed by atoms with E-state index in [9.17, 15) is 5.11 Å². The van der Waals surface area contributed by atoms with Gasteiger partial charge in [0.2, 0.25) is 5.16 Å². The van der Waals surface area contributed by atoms with Gasteiger partial charge in [-0.05, 0) is 13.2 Å². The van der Waals surface area contributed by atoms with E-state index in [0.717, 1.165) is 0 Å². The number of fused-ring (bicyclic) bond motifs is 1. The molecule has 0 fully saturated rings. The molecular weight excluding hydrogens is 242 g/mol. The Morgan fingerprint density at radius 2 is 2.29 bits per heavy atom. The fourth-order valence-corrected chi connectivity index (χ4v) is 1.87. The molecular formula is C9H15N5O2S. The number of nitrogens with one attached hydrogen (secondary N) is 1. The van der Waals surface area contributed by atoms with Crippen molar-refractivity contribution < 1.29 is 9.84 Å². The Labute approximate surface area is 104 Å². The first kappa shape index (κ1) is 12.3. The van der Waals surface area contributed by atoms with Crippen LogP contribution in [0.15, 0.2) is 5.16 Å². The summed E-state index contributed by atoms with van der Waals surface area (Å²) < 4.78 is 5.38. The van der Waals surface area contributed by atoms with Gasteiger partial charge >= 0.3 is 0 Å². The zero-order valence-electron chi connectivity index (χ0n) is 9.91. The van der Waals surface area contributed by atoms with Crippen LogP contribution in [0.25, 0.3) is 0 Å². The predicted octanol–water partition coefficient (Wildman–Crippen LogP) is 0.136. The van der Waals surface area contributed by atoms with Gasteiger partial charge < -0.3 is 20.1 Å². The molecule has 0 aromatic carbocycles. The van der Waals surface area contributed by atoms with Crippen molar-refractivity contribution in [1.82, 2.24) is 15.2 Å². The number of aliphatic hydroxyl groups is 1. The van der Waals surface area contributed by atoms with Gasteiger partial charge in [-0.25, -0.2) is 0 Å². The molecule has 2 N–H and O–H groups in total. The quantitative estimate of drug-likeness (QED) is 0.740. The Balaban J connectivity index is 2.31. The maximum atomic E-state index is 10.0. The zero-order valence-corrected chi connectivity index (χ0v) is 10.7. The van der Waals surface area contributed by atoms with Gasteiger partial charge in [-0.1, -0.05) is 11.8 Å². The summed E-state index contributed by atoms with van der Waals surface area (Å²) in [6, 6.07) is 0. The van der Waals surface area contributed by atoms with Gasteiger partial charge in [-0.2, -0.15) is 4.98 Å². The van der Waals surface area contributed by atoms with Gasteiger partial charge in [0.15, 0.2) is 24.1 Å². The molecule has 7 nitrogen and oxygen atoms in total. The first-order valence-corrected chi connectivity index (χ1v) is 6.47. The molecule has 2 heterocycles. The normalized spacial score (nSPS) is 23.2. The van der Waals surface area contributed by atoms with E-state index in [0.29, 0.717) is 23.4 Å². The van der Waals surface area contributed by atoms with Crippen molar-refractivity contribution in [3.63, 3.8) is 0 Å². The molecule has 0 spiro atoms. The van der Waals surface area contributed by atoms with Crippen molar-refractivity contribution >= 4 is 23.4 Å². The van der Waals surface area contributed by atoms with E-state index in [1.54, 1.807) is 11.9 Å². The number of aromatic nitrogens is 3. The Morgan fingerprint density at radius 3 is 2.94 bits per heavy atom. The summed E-state index contributed by atoms with van der Waals surface area (Å²) >= 11 is 1.40. The second-order valence-corrected chi connectivity index (χ2v) is 4.29. The van der Waals surface area contributed by atoms with Crippen LogP contribution in [0.2, 0.25) is 0 Å². The number of thioether (sulfide) groups is 1. The van der Waals surface area contributed by atoms with Gasteiger partial charge in [-0.3, -0.25) is 0 Å². The van der Waals surface area contributed by atoms with Crippen molar-refractivity contribution in [3.05, 3.63) is 0 Å². The first-order valence-electron chi connectivity index (χ1n) is 5.25. The molecule has 2 rings (SSSR count). The van der Waals surface area contributed by atoms with Crippen molar-refractivity contribution in [2.24, 2.45) is 0 Å². The predicted molar refractivity (Wildman–Crippen MR) is 65.1 cm³/mol. The largest absolute Gasteiger partial charge is 0.369 e. The van der Waals surface area contributed by atoms with Crippen LogP contribution in [0.1, 0.15) is 6.92 Å². The number of rotatable bonds is 3. The molecule has 0 saturated carbocycles. The molecule has 0 amide bonds. The van der Waals surface area contributed by atoms with Gasteiger partial charge in [-0.15, -0.1) is 10.2 Å². The number of nitrogens with zero attached hydrogens (tertiary/aromatic N) is 4. The zero-order chi connectivity index (χ0) is 12.4. The number of aliphatic hydroxyl groups excluding tert-OH is 1. The minimum Gasteiger partial charge on any atom is -0.369 e. The van der Waals surface area contributed by atoms with Crippen LogP contribution < -0.4 is 10.2 Å².